The van der Waals surface area contributed by atoms with E-state index in [-0.39, 0.29) is 0 Å². The van der Waals surface area contributed by atoms with Crippen molar-refractivity contribution in [2.75, 3.05) is 20.1 Å². The summed E-state index contributed by atoms with van der Waals surface area (Å²) in [5.41, 5.74) is 0.663. The molecule has 1 aliphatic heterocycles. The highest BCUT2D eigenvalue weighted by molar-refractivity contribution is 4.91. The average molecular weight is 266 g/mol. The van der Waals surface area contributed by atoms with Gasteiger partial charge in [-0.3, -0.25) is 4.90 Å². The fraction of sp³-hybridized carbons (Fsp3) is 1.00. The summed E-state index contributed by atoms with van der Waals surface area (Å²) in [6, 6.07) is 1.54. The molecule has 1 saturated heterocycles. The molecule has 2 aliphatic rings. The molecule has 0 amide bonds. The van der Waals surface area contributed by atoms with Crippen molar-refractivity contribution >= 4 is 0 Å². The number of likely N-dealkylation sites (tertiary alicyclic amines) is 1. The molecule has 0 bridgehead atoms. The highest BCUT2D eigenvalue weighted by Crippen LogP contribution is 2.39. The Morgan fingerprint density at radius 2 is 1.63 bits per heavy atom. The lowest BCUT2D eigenvalue weighted by molar-refractivity contribution is 0.0508. The van der Waals surface area contributed by atoms with Crippen LogP contribution in [-0.2, 0) is 0 Å². The second-order valence-electron chi connectivity index (χ2n) is 6.84. The van der Waals surface area contributed by atoms with Crippen LogP contribution in [0.5, 0.6) is 0 Å². The fourth-order valence-corrected chi connectivity index (χ4v) is 4.35. The first-order valence-corrected chi connectivity index (χ1v) is 8.66. The molecule has 2 fully saturated rings. The maximum atomic E-state index is 3.60. The minimum Gasteiger partial charge on any atom is -0.315 e. The molecule has 0 radical (unpaired) electrons. The SMILES string of the molecule is CCC1(CC)CCN(C2CCCCCC2NC)CC1. The number of piperidine rings is 1. The maximum Gasteiger partial charge on any atom is 0.0249 e. The number of likely N-dealkylation sites (N-methyl/N-ethyl adjacent to an activating group) is 1. The average Bonchev–Trinajstić information content (AvgIpc) is 2.72. The van der Waals surface area contributed by atoms with Crippen LogP contribution in [0, 0.1) is 5.41 Å². The summed E-state index contributed by atoms with van der Waals surface area (Å²) < 4.78 is 0. The summed E-state index contributed by atoms with van der Waals surface area (Å²) in [5.74, 6) is 0. The van der Waals surface area contributed by atoms with E-state index in [1.165, 1.54) is 70.9 Å². The number of nitrogens with one attached hydrogen (secondary N) is 1. The van der Waals surface area contributed by atoms with Gasteiger partial charge in [-0.05, 0) is 51.2 Å². The molecule has 2 atom stereocenters. The quantitative estimate of drug-likeness (QED) is 0.778. The van der Waals surface area contributed by atoms with Gasteiger partial charge in [0.15, 0.2) is 0 Å². The van der Waals surface area contributed by atoms with E-state index in [2.05, 4.69) is 31.1 Å². The molecule has 1 aliphatic carbocycles. The van der Waals surface area contributed by atoms with Crippen molar-refractivity contribution < 1.29 is 0 Å². The number of rotatable bonds is 4. The Kier molecular flexibility index (Phi) is 5.70. The van der Waals surface area contributed by atoms with Crippen molar-refractivity contribution in [3.63, 3.8) is 0 Å². The first-order chi connectivity index (χ1) is 9.24. The smallest absolute Gasteiger partial charge is 0.0249 e. The summed E-state index contributed by atoms with van der Waals surface area (Å²) in [5, 5.41) is 3.60. The van der Waals surface area contributed by atoms with Gasteiger partial charge in [0.1, 0.15) is 0 Å². The minimum atomic E-state index is 0.663. The summed E-state index contributed by atoms with van der Waals surface area (Å²) >= 11 is 0. The standard InChI is InChI=1S/C17H34N2/c1-4-17(5-2)11-13-19(14-12-17)16-10-8-6-7-9-15(16)18-3/h15-16,18H,4-14H2,1-3H3. The summed E-state index contributed by atoms with van der Waals surface area (Å²) in [4.78, 5) is 2.82. The van der Waals surface area contributed by atoms with Crippen LogP contribution < -0.4 is 5.32 Å². The number of nitrogens with zero attached hydrogens (tertiary/aromatic N) is 1. The lowest BCUT2D eigenvalue weighted by atomic mass is 9.73. The Morgan fingerprint density at radius 1 is 1.00 bits per heavy atom. The molecule has 0 aromatic carbocycles. The fourth-order valence-electron chi connectivity index (χ4n) is 4.35. The van der Waals surface area contributed by atoms with Gasteiger partial charge in [-0.25, -0.2) is 0 Å². The predicted octanol–water partition coefficient (Wildman–Crippen LogP) is 3.81. The van der Waals surface area contributed by atoms with Gasteiger partial charge < -0.3 is 5.32 Å². The van der Waals surface area contributed by atoms with Crippen LogP contribution in [0.3, 0.4) is 0 Å². The second kappa shape index (κ2) is 7.08. The summed E-state index contributed by atoms with van der Waals surface area (Å²) in [7, 11) is 2.16. The van der Waals surface area contributed by atoms with Crippen molar-refractivity contribution in [1.29, 1.82) is 0 Å². The van der Waals surface area contributed by atoms with E-state index in [4.69, 9.17) is 0 Å². The molecular formula is C17H34N2. The Balaban J connectivity index is 1.95. The topological polar surface area (TPSA) is 15.3 Å². The van der Waals surface area contributed by atoms with Gasteiger partial charge in [0, 0.05) is 12.1 Å². The van der Waals surface area contributed by atoms with Crippen LogP contribution in [0.1, 0.15) is 71.6 Å². The molecule has 0 spiro atoms. The molecule has 112 valence electrons. The van der Waals surface area contributed by atoms with E-state index in [9.17, 15) is 0 Å². The highest BCUT2D eigenvalue weighted by Gasteiger charge is 2.35. The van der Waals surface area contributed by atoms with Crippen molar-refractivity contribution in [3.05, 3.63) is 0 Å². The molecular weight excluding hydrogens is 232 g/mol. The van der Waals surface area contributed by atoms with E-state index in [0.717, 1.165) is 12.1 Å². The Labute approximate surface area is 120 Å². The van der Waals surface area contributed by atoms with Crippen LogP contribution >= 0.6 is 0 Å². The van der Waals surface area contributed by atoms with E-state index >= 15 is 0 Å². The van der Waals surface area contributed by atoms with E-state index in [1.807, 2.05) is 0 Å². The van der Waals surface area contributed by atoms with Gasteiger partial charge in [-0.2, -0.15) is 0 Å². The largest absolute Gasteiger partial charge is 0.315 e. The van der Waals surface area contributed by atoms with Crippen LogP contribution in [0.4, 0.5) is 0 Å². The third kappa shape index (κ3) is 3.52. The lowest BCUT2D eigenvalue weighted by Gasteiger charge is -2.45. The minimum absolute atomic E-state index is 0.663. The molecule has 1 heterocycles. The van der Waals surface area contributed by atoms with Gasteiger partial charge in [0.05, 0.1) is 0 Å². The second-order valence-corrected chi connectivity index (χ2v) is 6.84. The Bertz CT molecular complexity index is 250. The van der Waals surface area contributed by atoms with Gasteiger partial charge in [0.25, 0.3) is 0 Å². The molecule has 2 heteroatoms. The van der Waals surface area contributed by atoms with Gasteiger partial charge in [0.2, 0.25) is 0 Å². The van der Waals surface area contributed by atoms with Crippen LogP contribution in [0.25, 0.3) is 0 Å². The molecule has 1 N–H and O–H groups in total. The third-order valence-electron chi connectivity index (χ3n) is 6.18. The van der Waals surface area contributed by atoms with E-state index in [0.29, 0.717) is 5.41 Å². The monoisotopic (exact) mass is 266 g/mol. The Hall–Kier alpha value is -0.0800. The van der Waals surface area contributed by atoms with Gasteiger partial charge >= 0.3 is 0 Å². The van der Waals surface area contributed by atoms with E-state index < -0.39 is 0 Å². The van der Waals surface area contributed by atoms with Gasteiger partial charge in [-0.1, -0.05) is 46.0 Å². The molecule has 2 unspecified atom stereocenters. The first-order valence-electron chi connectivity index (χ1n) is 8.66. The van der Waals surface area contributed by atoms with Crippen molar-refractivity contribution in [2.45, 2.75) is 83.7 Å². The summed E-state index contributed by atoms with van der Waals surface area (Å²) in [6.07, 6.45) is 12.7. The van der Waals surface area contributed by atoms with Crippen molar-refractivity contribution in [3.8, 4) is 0 Å². The molecule has 0 aromatic rings. The van der Waals surface area contributed by atoms with Crippen LogP contribution in [0.2, 0.25) is 0 Å². The van der Waals surface area contributed by atoms with Crippen molar-refractivity contribution in [2.24, 2.45) is 5.41 Å². The molecule has 1 saturated carbocycles. The zero-order valence-electron chi connectivity index (χ0n) is 13.4. The van der Waals surface area contributed by atoms with E-state index in [1.54, 1.807) is 0 Å². The van der Waals surface area contributed by atoms with Crippen molar-refractivity contribution in [1.82, 2.24) is 10.2 Å². The maximum absolute atomic E-state index is 3.60. The zero-order valence-corrected chi connectivity index (χ0v) is 13.4. The molecule has 0 aromatic heterocycles. The summed E-state index contributed by atoms with van der Waals surface area (Å²) in [6.45, 7) is 7.46. The van der Waals surface area contributed by atoms with Gasteiger partial charge in [-0.15, -0.1) is 0 Å². The lowest BCUT2D eigenvalue weighted by Crippen LogP contribution is -2.52. The highest BCUT2D eigenvalue weighted by atomic mass is 15.2. The van der Waals surface area contributed by atoms with Crippen LogP contribution in [-0.4, -0.2) is 37.1 Å². The molecule has 2 nitrogen and oxygen atoms in total. The third-order valence-corrected chi connectivity index (χ3v) is 6.18. The predicted molar refractivity (Wildman–Crippen MR) is 83.5 cm³/mol. The Morgan fingerprint density at radius 3 is 2.21 bits per heavy atom. The number of hydrogen-bond acceptors (Lipinski definition) is 2. The molecule has 2 rings (SSSR count). The first kappa shape index (κ1) is 15.3. The van der Waals surface area contributed by atoms with Crippen LogP contribution in [0.15, 0.2) is 0 Å². The molecule has 19 heavy (non-hydrogen) atoms. The number of hydrogen-bond donors (Lipinski definition) is 1. The normalized spacial score (nSPS) is 33.0. The zero-order chi connectivity index (χ0) is 13.7.